The molecule has 1 aliphatic heterocycles. The summed E-state index contributed by atoms with van der Waals surface area (Å²) >= 11 is 6.91. The number of esters is 2. The van der Waals surface area contributed by atoms with E-state index in [0.717, 1.165) is 37.7 Å². The molecule has 1 aromatic carbocycles. The fourth-order valence-corrected chi connectivity index (χ4v) is 6.69. The third-order valence-electron chi connectivity index (χ3n) is 6.51. The minimum absolute atomic E-state index is 0.155. The van der Waals surface area contributed by atoms with E-state index >= 15 is 0 Å². The molecule has 0 saturated heterocycles. The third-order valence-corrected chi connectivity index (χ3v) is 6.95. The molecule has 4 fully saturated rings. The van der Waals surface area contributed by atoms with Gasteiger partial charge in [-0.15, -0.1) is 11.6 Å². The number of halogens is 1. The fourth-order valence-electron chi connectivity index (χ4n) is 5.99. The maximum absolute atomic E-state index is 12.5. The Morgan fingerprint density at radius 2 is 1.89 bits per heavy atom. The van der Waals surface area contributed by atoms with Gasteiger partial charge in [-0.1, -0.05) is 12.1 Å². The summed E-state index contributed by atoms with van der Waals surface area (Å²) in [7, 11) is 0. The summed E-state index contributed by atoms with van der Waals surface area (Å²) < 4.78 is 10.7. The second kappa shape index (κ2) is 6.18. The van der Waals surface area contributed by atoms with Crippen LogP contribution in [0.2, 0.25) is 0 Å². The average Bonchev–Trinajstić information content (AvgIpc) is 2.96. The minimum atomic E-state index is -0.404. The molecule has 0 N–H and O–H groups in total. The van der Waals surface area contributed by atoms with E-state index < -0.39 is 5.97 Å². The van der Waals surface area contributed by atoms with Crippen LogP contribution in [-0.2, 0) is 14.3 Å². The Labute approximate surface area is 168 Å². The van der Waals surface area contributed by atoms with Crippen LogP contribution in [0.3, 0.4) is 0 Å². The summed E-state index contributed by atoms with van der Waals surface area (Å²) in [6, 6.07) is 6.94. The topological polar surface area (TPSA) is 65.0 Å². The van der Waals surface area contributed by atoms with E-state index in [-0.39, 0.29) is 16.3 Å². The number of hydrogen-bond acceptors (Lipinski definition) is 5. The first-order valence-corrected chi connectivity index (χ1v) is 10.2. The van der Waals surface area contributed by atoms with Crippen LogP contribution < -0.4 is 4.74 Å². The van der Waals surface area contributed by atoms with Crippen molar-refractivity contribution in [3.63, 3.8) is 0 Å². The molecule has 6 heteroatoms. The number of carbonyl (C=O) groups is 2. The van der Waals surface area contributed by atoms with E-state index in [4.69, 9.17) is 21.1 Å². The fraction of sp³-hybridized carbons (Fsp3) is 0.500. The van der Waals surface area contributed by atoms with Crippen molar-refractivity contribution in [2.45, 2.75) is 50.3 Å². The van der Waals surface area contributed by atoms with Crippen LogP contribution in [-0.4, -0.2) is 22.7 Å². The van der Waals surface area contributed by atoms with Crippen molar-refractivity contribution in [2.24, 2.45) is 22.2 Å². The molecule has 28 heavy (non-hydrogen) atoms. The summed E-state index contributed by atoms with van der Waals surface area (Å²) in [5.74, 6) is 1.49. The Morgan fingerprint density at radius 1 is 1.21 bits per heavy atom. The molecular weight excluding hydrogens is 378 g/mol. The average molecular weight is 400 g/mol. The Kier molecular flexibility index (Phi) is 3.96. The van der Waals surface area contributed by atoms with Gasteiger partial charge in [0.1, 0.15) is 5.75 Å². The van der Waals surface area contributed by atoms with Gasteiger partial charge in [-0.05, 0) is 74.1 Å². The summed E-state index contributed by atoms with van der Waals surface area (Å²) in [4.78, 5) is 27.9. The van der Waals surface area contributed by atoms with E-state index in [1.165, 1.54) is 13.3 Å². The van der Waals surface area contributed by atoms with Crippen molar-refractivity contribution < 1.29 is 19.1 Å². The highest BCUT2D eigenvalue weighted by atomic mass is 35.5. The zero-order chi connectivity index (χ0) is 19.5. The molecule has 0 aromatic heterocycles. The van der Waals surface area contributed by atoms with E-state index in [2.05, 4.69) is 4.99 Å². The Morgan fingerprint density at radius 3 is 2.50 bits per heavy atom. The van der Waals surface area contributed by atoms with Crippen LogP contribution in [0, 0.1) is 17.3 Å². The van der Waals surface area contributed by atoms with Crippen molar-refractivity contribution in [1.29, 1.82) is 0 Å². The van der Waals surface area contributed by atoms with Crippen molar-refractivity contribution in [2.75, 3.05) is 0 Å². The summed E-state index contributed by atoms with van der Waals surface area (Å²) in [6.07, 6.45) is 8.00. The van der Waals surface area contributed by atoms with E-state index in [1.807, 2.05) is 0 Å². The minimum Gasteiger partial charge on any atom is -0.427 e. The van der Waals surface area contributed by atoms with Gasteiger partial charge in [0.15, 0.2) is 5.70 Å². The lowest BCUT2D eigenvalue weighted by Gasteiger charge is -2.59. The molecule has 1 heterocycles. The number of carbonyl (C=O) groups excluding carboxylic acids is 2. The molecule has 4 saturated carbocycles. The van der Waals surface area contributed by atoms with Gasteiger partial charge in [0.25, 0.3) is 0 Å². The lowest BCUT2D eigenvalue weighted by Crippen LogP contribution is -2.56. The Balaban J connectivity index is 1.41. The highest BCUT2D eigenvalue weighted by Crippen LogP contribution is 2.64. The zero-order valence-electron chi connectivity index (χ0n) is 15.7. The maximum Gasteiger partial charge on any atom is 0.363 e. The largest absolute Gasteiger partial charge is 0.427 e. The molecule has 0 spiro atoms. The molecule has 5 nitrogen and oxygen atoms in total. The monoisotopic (exact) mass is 399 g/mol. The lowest BCUT2D eigenvalue weighted by atomic mass is 9.49. The molecule has 4 bridgehead atoms. The van der Waals surface area contributed by atoms with Crippen LogP contribution in [0.1, 0.15) is 51.0 Å². The predicted molar refractivity (Wildman–Crippen MR) is 105 cm³/mol. The normalized spacial score (nSPS) is 37.1. The number of cyclic esters (lactones) is 1. The van der Waals surface area contributed by atoms with Crippen LogP contribution in [0.15, 0.2) is 35.0 Å². The number of hydrogen-bond donors (Lipinski definition) is 0. The second-order valence-corrected chi connectivity index (χ2v) is 9.69. The quantitative estimate of drug-likeness (QED) is 0.325. The van der Waals surface area contributed by atoms with E-state index in [9.17, 15) is 9.59 Å². The molecule has 4 atom stereocenters. The smallest absolute Gasteiger partial charge is 0.363 e. The van der Waals surface area contributed by atoms with Crippen molar-refractivity contribution in [1.82, 2.24) is 0 Å². The number of aliphatic imine (C=N–C) groups is 1. The molecule has 0 radical (unpaired) electrons. The predicted octanol–water partition coefficient (Wildman–Crippen LogP) is 4.49. The molecule has 6 rings (SSSR count). The lowest BCUT2D eigenvalue weighted by molar-refractivity contribution is -0.132. The SMILES string of the molecule is CC(=O)Oc1ccc(/C=C2\N=C(C34C[C@@H]5C[C@@H](CC(Cl)(C5)C3)C4)OC2=O)cc1. The zero-order valence-corrected chi connectivity index (χ0v) is 16.5. The van der Waals surface area contributed by atoms with Crippen LogP contribution in [0.4, 0.5) is 0 Å². The Bertz CT molecular complexity index is 903. The standard InChI is InChI=1S/C22H22ClNO4/c1-13(25)27-17-4-2-14(3-5-17)7-18-19(26)28-20(24-18)21-8-15-6-16(9-21)11-22(23,10-15)12-21/h2-5,7,15-16H,6,8-12H2,1H3/b18-7-/t15-,16+,21?,22?. The van der Waals surface area contributed by atoms with E-state index in [1.54, 1.807) is 30.3 Å². The molecule has 0 amide bonds. The highest BCUT2D eigenvalue weighted by molar-refractivity contribution is 6.24. The summed E-state index contributed by atoms with van der Waals surface area (Å²) in [5, 5.41) is 0. The van der Waals surface area contributed by atoms with Crippen molar-refractivity contribution in [3.8, 4) is 5.75 Å². The van der Waals surface area contributed by atoms with Gasteiger partial charge in [-0.3, -0.25) is 4.79 Å². The first-order chi connectivity index (χ1) is 13.3. The number of ether oxygens (including phenoxy) is 2. The van der Waals surface area contributed by atoms with Gasteiger partial charge in [-0.25, -0.2) is 9.79 Å². The highest BCUT2D eigenvalue weighted by Gasteiger charge is 2.60. The summed E-state index contributed by atoms with van der Waals surface area (Å²) in [6.45, 7) is 1.36. The number of rotatable bonds is 3. The van der Waals surface area contributed by atoms with Gasteiger partial charge in [0.05, 0.1) is 0 Å². The van der Waals surface area contributed by atoms with Crippen LogP contribution in [0.25, 0.3) is 6.08 Å². The number of nitrogens with zero attached hydrogens (tertiary/aromatic N) is 1. The first kappa shape index (κ1) is 17.9. The van der Waals surface area contributed by atoms with Gasteiger partial charge >= 0.3 is 11.9 Å². The maximum atomic E-state index is 12.5. The van der Waals surface area contributed by atoms with Gasteiger partial charge < -0.3 is 9.47 Å². The molecule has 146 valence electrons. The summed E-state index contributed by atoms with van der Waals surface area (Å²) in [5.41, 5.74) is 0.929. The second-order valence-electron chi connectivity index (χ2n) is 8.89. The van der Waals surface area contributed by atoms with Gasteiger partial charge in [-0.2, -0.15) is 0 Å². The molecule has 1 aromatic rings. The van der Waals surface area contributed by atoms with E-state index in [0.29, 0.717) is 29.2 Å². The van der Waals surface area contributed by atoms with Crippen molar-refractivity contribution in [3.05, 3.63) is 35.5 Å². The van der Waals surface area contributed by atoms with Gasteiger partial charge in [0.2, 0.25) is 5.90 Å². The van der Waals surface area contributed by atoms with Crippen LogP contribution in [0.5, 0.6) is 5.75 Å². The molecule has 5 aliphatic rings. The van der Waals surface area contributed by atoms with Gasteiger partial charge in [0, 0.05) is 17.2 Å². The number of alkyl halides is 1. The first-order valence-electron chi connectivity index (χ1n) is 9.83. The van der Waals surface area contributed by atoms with Crippen LogP contribution >= 0.6 is 11.6 Å². The Hall–Kier alpha value is -2.14. The van der Waals surface area contributed by atoms with Crippen molar-refractivity contribution >= 4 is 35.5 Å². The molecule has 4 aliphatic carbocycles. The third kappa shape index (κ3) is 3.06. The molecule has 2 unspecified atom stereocenters. The number of benzene rings is 1. The molecular formula is C22H22ClNO4.